The monoisotopic (exact) mass is 308 g/mol. The van der Waals surface area contributed by atoms with Crippen LogP contribution < -0.4 is 4.72 Å². The number of benzene rings is 2. The van der Waals surface area contributed by atoms with Crippen LogP contribution in [0.4, 0.5) is 8.78 Å². The lowest BCUT2D eigenvalue weighted by atomic mass is 10.1. The van der Waals surface area contributed by atoms with E-state index >= 15 is 0 Å². The van der Waals surface area contributed by atoms with Gasteiger partial charge in [-0.05, 0) is 23.8 Å². The maximum atomic E-state index is 13.6. The first-order chi connectivity index (χ1) is 9.94. The number of nitriles is 1. The molecule has 7 heteroatoms. The molecule has 2 rings (SSSR count). The quantitative estimate of drug-likeness (QED) is 0.943. The Morgan fingerprint density at radius 2 is 1.76 bits per heavy atom. The molecule has 0 aromatic heterocycles. The molecule has 0 fully saturated rings. The molecule has 0 aliphatic rings. The summed E-state index contributed by atoms with van der Waals surface area (Å²) < 4.78 is 52.9. The van der Waals surface area contributed by atoms with Gasteiger partial charge in [0.25, 0.3) is 0 Å². The minimum Gasteiger partial charge on any atom is -0.207 e. The van der Waals surface area contributed by atoms with Gasteiger partial charge in [-0.25, -0.2) is 17.2 Å². The summed E-state index contributed by atoms with van der Waals surface area (Å²) in [6.07, 6.45) is 0. The third-order valence-corrected chi connectivity index (χ3v) is 4.16. The van der Waals surface area contributed by atoms with Gasteiger partial charge in [0.05, 0.1) is 6.07 Å². The van der Waals surface area contributed by atoms with E-state index in [1.807, 2.05) is 4.72 Å². The van der Waals surface area contributed by atoms with Crippen molar-refractivity contribution in [3.05, 3.63) is 65.7 Å². The number of nitrogens with one attached hydrogen (secondary N) is 1. The van der Waals surface area contributed by atoms with Gasteiger partial charge in [-0.3, -0.25) is 0 Å². The van der Waals surface area contributed by atoms with Crippen molar-refractivity contribution in [2.45, 2.75) is 10.9 Å². The summed E-state index contributed by atoms with van der Waals surface area (Å²) in [4.78, 5) is -0.835. The van der Waals surface area contributed by atoms with E-state index in [1.165, 1.54) is 0 Å². The highest BCUT2D eigenvalue weighted by atomic mass is 32.2. The number of sulfonamides is 1. The third kappa shape index (κ3) is 3.42. The minimum atomic E-state index is -4.36. The lowest BCUT2D eigenvalue weighted by molar-refractivity contribution is 0.542. The predicted octanol–water partition coefficient (Wildman–Crippen LogP) is 2.51. The molecule has 2 aromatic rings. The molecular weight excluding hydrogens is 298 g/mol. The summed E-state index contributed by atoms with van der Waals surface area (Å²) >= 11 is 0. The smallest absolute Gasteiger partial charge is 0.207 e. The van der Waals surface area contributed by atoms with Crippen LogP contribution in [0.5, 0.6) is 0 Å². The maximum Gasteiger partial charge on any atom is 0.245 e. The van der Waals surface area contributed by atoms with Crippen LogP contribution in [0.1, 0.15) is 11.6 Å². The van der Waals surface area contributed by atoms with E-state index in [0.717, 1.165) is 6.07 Å². The fourth-order valence-electron chi connectivity index (χ4n) is 1.72. The summed E-state index contributed by atoms with van der Waals surface area (Å²) in [6, 6.07) is 10.8. The lowest BCUT2D eigenvalue weighted by Crippen LogP contribution is -2.28. The molecule has 1 atom stereocenters. The van der Waals surface area contributed by atoms with E-state index in [9.17, 15) is 17.2 Å². The van der Waals surface area contributed by atoms with Crippen molar-refractivity contribution in [2.75, 3.05) is 0 Å². The maximum absolute atomic E-state index is 13.6. The molecule has 21 heavy (non-hydrogen) atoms. The van der Waals surface area contributed by atoms with Crippen LogP contribution in [-0.2, 0) is 10.0 Å². The molecule has 2 aromatic carbocycles. The third-order valence-electron chi connectivity index (χ3n) is 2.72. The number of hydrogen-bond donors (Lipinski definition) is 1. The van der Waals surface area contributed by atoms with Crippen molar-refractivity contribution < 1.29 is 17.2 Å². The van der Waals surface area contributed by atoms with Gasteiger partial charge in [-0.15, -0.1) is 0 Å². The summed E-state index contributed by atoms with van der Waals surface area (Å²) in [5.74, 6) is -1.97. The van der Waals surface area contributed by atoms with Gasteiger partial charge in [-0.1, -0.05) is 30.3 Å². The van der Waals surface area contributed by atoms with E-state index in [0.29, 0.717) is 17.7 Å². The van der Waals surface area contributed by atoms with Gasteiger partial charge in [0.2, 0.25) is 10.0 Å². The topological polar surface area (TPSA) is 70.0 Å². The fourth-order valence-corrected chi connectivity index (χ4v) is 2.93. The van der Waals surface area contributed by atoms with Crippen LogP contribution in [0.3, 0.4) is 0 Å². The number of rotatable bonds is 4. The zero-order valence-electron chi connectivity index (χ0n) is 10.6. The fraction of sp³-hybridized carbons (Fsp3) is 0.0714. The van der Waals surface area contributed by atoms with Crippen LogP contribution in [0.2, 0.25) is 0 Å². The first-order valence-electron chi connectivity index (χ1n) is 5.86. The average Bonchev–Trinajstić information content (AvgIpc) is 2.48. The molecule has 108 valence electrons. The van der Waals surface area contributed by atoms with Gasteiger partial charge in [-0.2, -0.15) is 9.98 Å². The first kappa shape index (κ1) is 15.1. The van der Waals surface area contributed by atoms with Gasteiger partial charge in [0.1, 0.15) is 22.6 Å². The Balaban J connectivity index is 2.37. The largest absolute Gasteiger partial charge is 0.245 e. The van der Waals surface area contributed by atoms with E-state index in [2.05, 4.69) is 0 Å². The first-order valence-corrected chi connectivity index (χ1v) is 7.34. The van der Waals surface area contributed by atoms with Crippen LogP contribution in [0, 0.1) is 23.0 Å². The molecule has 0 aliphatic carbocycles. The van der Waals surface area contributed by atoms with Gasteiger partial charge in [0.15, 0.2) is 0 Å². The SMILES string of the molecule is N#CC(NS(=O)(=O)c1cc(F)ccc1F)c1ccccc1. The summed E-state index contributed by atoms with van der Waals surface area (Å²) in [7, 11) is -4.36. The summed E-state index contributed by atoms with van der Waals surface area (Å²) in [5.41, 5.74) is 0.403. The second-order valence-corrected chi connectivity index (χ2v) is 5.85. The molecule has 0 aliphatic heterocycles. The zero-order valence-corrected chi connectivity index (χ0v) is 11.4. The molecule has 0 saturated heterocycles. The van der Waals surface area contributed by atoms with E-state index in [4.69, 9.17) is 5.26 Å². The molecule has 4 nitrogen and oxygen atoms in total. The molecule has 0 bridgehead atoms. The highest BCUT2D eigenvalue weighted by Gasteiger charge is 2.24. The minimum absolute atomic E-state index is 0.403. The van der Waals surface area contributed by atoms with Crippen molar-refractivity contribution in [1.29, 1.82) is 5.26 Å². The normalized spacial score (nSPS) is 12.6. The Kier molecular flexibility index (Phi) is 4.31. The Hall–Kier alpha value is -2.30. The van der Waals surface area contributed by atoms with Crippen molar-refractivity contribution in [2.24, 2.45) is 0 Å². The zero-order chi connectivity index (χ0) is 15.5. The second-order valence-electron chi connectivity index (χ2n) is 4.17. The van der Waals surface area contributed by atoms with Crippen molar-refractivity contribution >= 4 is 10.0 Å². The summed E-state index contributed by atoms with van der Waals surface area (Å²) in [6.45, 7) is 0. The van der Waals surface area contributed by atoms with E-state index in [1.54, 1.807) is 36.4 Å². The van der Waals surface area contributed by atoms with Crippen LogP contribution in [0.25, 0.3) is 0 Å². The lowest BCUT2D eigenvalue weighted by Gasteiger charge is -2.13. The molecule has 0 saturated carbocycles. The highest BCUT2D eigenvalue weighted by molar-refractivity contribution is 7.89. The average molecular weight is 308 g/mol. The molecule has 1 N–H and O–H groups in total. The number of halogens is 2. The molecular formula is C14H10F2N2O2S. The van der Waals surface area contributed by atoms with Gasteiger partial charge in [0, 0.05) is 0 Å². The standard InChI is InChI=1S/C14H10F2N2O2S/c15-11-6-7-12(16)14(8-11)21(19,20)18-13(9-17)10-4-2-1-3-5-10/h1-8,13,18H. The van der Waals surface area contributed by atoms with Gasteiger partial charge >= 0.3 is 0 Å². The van der Waals surface area contributed by atoms with Crippen molar-refractivity contribution in [1.82, 2.24) is 4.72 Å². The van der Waals surface area contributed by atoms with Gasteiger partial charge < -0.3 is 0 Å². The van der Waals surface area contributed by atoms with Crippen LogP contribution >= 0.6 is 0 Å². The van der Waals surface area contributed by atoms with Crippen LogP contribution in [0.15, 0.2) is 53.4 Å². The Morgan fingerprint density at radius 1 is 1.10 bits per heavy atom. The molecule has 1 unspecified atom stereocenters. The van der Waals surface area contributed by atoms with Crippen molar-refractivity contribution in [3.8, 4) is 6.07 Å². The Bertz CT molecular complexity index is 786. The molecule has 0 amide bonds. The highest BCUT2D eigenvalue weighted by Crippen LogP contribution is 2.19. The van der Waals surface area contributed by atoms with E-state index in [-0.39, 0.29) is 0 Å². The Labute approximate surface area is 120 Å². The number of nitrogens with zero attached hydrogens (tertiary/aromatic N) is 1. The molecule has 0 radical (unpaired) electrons. The van der Waals surface area contributed by atoms with Crippen LogP contribution in [-0.4, -0.2) is 8.42 Å². The molecule has 0 spiro atoms. The summed E-state index contributed by atoms with van der Waals surface area (Å²) in [5, 5.41) is 9.07. The second kappa shape index (κ2) is 5.99. The molecule has 0 heterocycles. The number of hydrogen-bond acceptors (Lipinski definition) is 3. The van der Waals surface area contributed by atoms with E-state index < -0.39 is 32.6 Å². The Morgan fingerprint density at radius 3 is 2.38 bits per heavy atom. The predicted molar refractivity (Wildman–Crippen MR) is 71.5 cm³/mol. The van der Waals surface area contributed by atoms with Crippen molar-refractivity contribution in [3.63, 3.8) is 0 Å².